The van der Waals surface area contributed by atoms with E-state index in [1.165, 1.54) is 0 Å². The van der Waals surface area contributed by atoms with Gasteiger partial charge in [0.05, 0.1) is 11.9 Å². The second-order valence-electron chi connectivity index (χ2n) is 4.24. The molecule has 0 radical (unpaired) electrons. The molecule has 2 aromatic rings. The maximum Gasteiger partial charge on any atom is 0.130 e. The molecule has 0 bridgehead atoms. The molecule has 2 heterocycles. The number of pyridine rings is 2. The lowest BCUT2D eigenvalue weighted by Crippen LogP contribution is -2.10. The van der Waals surface area contributed by atoms with E-state index in [-0.39, 0.29) is 0 Å². The SMILES string of the molecule is Cc1cc(Nc2ccc(N(C)C)nc2)ncc1Br. The standard InChI is InChI=1S/C13H15BrN4/c1-9-6-12(15-8-11(9)14)17-10-4-5-13(16-7-10)18(2)3/h4-8H,1-3H3,(H,15,17). The van der Waals surface area contributed by atoms with E-state index in [1.807, 2.05) is 44.1 Å². The number of aromatic nitrogens is 2. The summed E-state index contributed by atoms with van der Waals surface area (Å²) in [6.07, 6.45) is 3.59. The van der Waals surface area contributed by atoms with Gasteiger partial charge in [-0.15, -0.1) is 0 Å². The quantitative estimate of drug-likeness (QED) is 0.944. The first-order chi connectivity index (χ1) is 8.56. The minimum atomic E-state index is 0.815. The molecule has 0 fully saturated rings. The van der Waals surface area contributed by atoms with E-state index < -0.39 is 0 Å². The van der Waals surface area contributed by atoms with Crippen LogP contribution >= 0.6 is 15.9 Å². The van der Waals surface area contributed by atoms with Gasteiger partial charge in [0.1, 0.15) is 11.6 Å². The van der Waals surface area contributed by atoms with E-state index in [9.17, 15) is 0 Å². The molecule has 5 heteroatoms. The highest BCUT2D eigenvalue weighted by atomic mass is 79.9. The zero-order valence-corrected chi connectivity index (χ0v) is 12.2. The molecule has 94 valence electrons. The van der Waals surface area contributed by atoms with Crippen LogP contribution in [0.4, 0.5) is 17.3 Å². The Balaban J connectivity index is 2.15. The van der Waals surface area contributed by atoms with Crippen molar-refractivity contribution < 1.29 is 0 Å². The average Bonchev–Trinajstić information content (AvgIpc) is 2.34. The lowest BCUT2D eigenvalue weighted by Gasteiger charge is -2.12. The number of nitrogens with zero attached hydrogens (tertiary/aromatic N) is 3. The summed E-state index contributed by atoms with van der Waals surface area (Å²) >= 11 is 3.43. The third-order valence-electron chi connectivity index (χ3n) is 2.53. The van der Waals surface area contributed by atoms with Crippen molar-refractivity contribution in [1.82, 2.24) is 9.97 Å². The van der Waals surface area contributed by atoms with Gasteiger partial charge in [-0.1, -0.05) is 0 Å². The molecular formula is C13H15BrN4. The van der Waals surface area contributed by atoms with Crippen molar-refractivity contribution in [3.05, 3.63) is 40.6 Å². The summed E-state index contributed by atoms with van der Waals surface area (Å²) < 4.78 is 1.01. The maximum absolute atomic E-state index is 4.34. The zero-order chi connectivity index (χ0) is 13.1. The third kappa shape index (κ3) is 2.98. The van der Waals surface area contributed by atoms with Crippen LogP contribution in [0.5, 0.6) is 0 Å². The number of halogens is 1. The van der Waals surface area contributed by atoms with Crippen molar-refractivity contribution in [1.29, 1.82) is 0 Å². The van der Waals surface area contributed by atoms with Gasteiger partial charge in [0, 0.05) is 24.8 Å². The maximum atomic E-state index is 4.34. The van der Waals surface area contributed by atoms with Crippen LogP contribution in [0.2, 0.25) is 0 Å². The molecule has 0 saturated carbocycles. The van der Waals surface area contributed by atoms with Gasteiger partial charge < -0.3 is 10.2 Å². The molecule has 0 amide bonds. The summed E-state index contributed by atoms with van der Waals surface area (Å²) in [7, 11) is 3.93. The van der Waals surface area contributed by atoms with Gasteiger partial charge in [-0.05, 0) is 46.6 Å². The predicted molar refractivity (Wildman–Crippen MR) is 78.5 cm³/mol. The third-order valence-corrected chi connectivity index (χ3v) is 3.36. The Kier molecular flexibility index (Phi) is 3.81. The lowest BCUT2D eigenvalue weighted by molar-refractivity contribution is 1.07. The first kappa shape index (κ1) is 12.8. The second kappa shape index (κ2) is 5.35. The molecule has 0 atom stereocenters. The van der Waals surface area contributed by atoms with Crippen LogP contribution in [0.15, 0.2) is 35.1 Å². The highest BCUT2D eigenvalue weighted by Crippen LogP contribution is 2.20. The van der Waals surface area contributed by atoms with Crippen LogP contribution in [0, 0.1) is 6.92 Å². The average molecular weight is 307 g/mol. The van der Waals surface area contributed by atoms with Crippen LogP contribution in [0.3, 0.4) is 0 Å². The Morgan fingerprint density at radius 3 is 2.50 bits per heavy atom. The highest BCUT2D eigenvalue weighted by Gasteiger charge is 2.01. The Labute approximate surface area is 115 Å². The molecule has 0 saturated heterocycles. The summed E-state index contributed by atoms with van der Waals surface area (Å²) in [5.41, 5.74) is 2.07. The monoisotopic (exact) mass is 306 g/mol. The van der Waals surface area contributed by atoms with Crippen LogP contribution < -0.4 is 10.2 Å². The molecule has 1 N–H and O–H groups in total. The molecule has 0 spiro atoms. The minimum Gasteiger partial charge on any atom is -0.363 e. The summed E-state index contributed by atoms with van der Waals surface area (Å²) in [6.45, 7) is 2.03. The fourth-order valence-corrected chi connectivity index (χ4v) is 1.70. The molecule has 0 aliphatic heterocycles. The molecular weight excluding hydrogens is 292 g/mol. The van der Waals surface area contributed by atoms with Crippen LogP contribution in [-0.2, 0) is 0 Å². The minimum absolute atomic E-state index is 0.815. The number of rotatable bonds is 3. The van der Waals surface area contributed by atoms with Gasteiger partial charge in [0.15, 0.2) is 0 Å². The van der Waals surface area contributed by atoms with Crippen LogP contribution in [0.25, 0.3) is 0 Å². The first-order valence-electron chi connectivity index (χ1n) is 5.59. The molecule has 0 aliphatic rings. The molecule has 0 unspecified atom stereocenters. The van der Waals surface area contributed by atoms with Crippen molar-refractivity contribution in [2.75, 3.05) is 24.3 Å². The Hall–Kier alpha value is -1.62. The second-order valence-corrected chi connectivity index (χ2v) is 5.10. The van der Waals surface area contributed by atoms with E-state index in [0.717, 1.165) is 27.4 Å². The first-order valence-corrected chi connectivity index (χ1v) is 6.38. The number of hydrogen-bond donors (Lipinski definition) is 1. The van der Waals surface area contributed by atoms with Crippen molar-refractivity contribution in [3.63, 3.8) is 0 Å². The van der Waals surface area contributed by atoms with E-state index in [4.69, 9.17) is 0 Å². The Morgan fingerprint density at radius 2 is 1.94 bits per heavy atom. The van der Waals surface area contributed by atoms with Gasteiger partial charge >= 0.3 is 0 Å². The Morgan fingerprint density at radius 1 is 1.17 bits per heavy atom. The van der Waals surface area contributed by atoms with Crippen LogP contribution in [-0.4, -0.2) is 24.1 Å². The summed E-state index contributed by atoms with van der Waals surface area (Å²) in [5.74, 6) is 1.75. The summed E-state index contributed by atoms with van der Waals surface area (Å²) in [6, 6.07) is 5.94. The normalized spacial score (nSPS) is 10.2. The Bertz CT molecular complexity index is 537. The van der Waals surface area contributed by atoms with Crippen LogP contribution in [0.1, 0.15) is 5.56 Å². The predicted octanol–water partition coefficient (Wildman–Crippen LogP) is 3.36. The van der Waals surface area contributed by atoms with E-state index >= 15 is 0 Å². The van der Waals surface area contributed by atoms with E-state index in [2.05, 4.69) is 31.2 Å². The van der Waals surface area contributed by atoms with Crippen molar-refractivity contribution in [3.8, 4) is 0 Å². The van der Waals surface area contributed by atoms with E-state index in [1.54, 1.807) is 12.4 Å². The van der Waals surface area contributed by atoms with Crippen molar-refractivity contribution in [2.24, 2.45) is 0 Å². The van der Waals surface area contributed by atoms with Gasteiger partial charge in [0.25, 0.3) is 0 Å². The lowest BCUT2D eigenvalue weighted by atomic mass is 10.3. The number of aryl methyl sites for hydroxylation is 1. The largest absolute Gasteiger partial charge is 0.363 e. The number of anilines is 3. The zero-order valence-electron chi connectivity index (χ0n) is 10.6. The topological polar surface area (TPSA) is 41.0 Å². The van der Waals surface area contributed by atoms with Gasteiger partial charge in [-0.2, -0.15) is 0 Å². The fraction of sp³-hybridized carbons (Fsp3) is 0.231. The summed E-state index contributed by atoms with van der Waals surface area (Å²) in [5, 5.41) is 3.23. The van der Waals surface area contributed by atoms with Gasteiger partial charge in [-0.25, -0.2) is 9.97 Å². The smallest absolute Gasteiger partial charge is 0.130 e. The van der Waals surface area contributed by atoms with Crippen molar-refractivity contribution >= 4 is 33.3 Å². The molecule has 0 aliphatic carbocycles. The van der Waals surface area contributed by atoms with E-state index in [0.29, 0.717) is 0 Å². The van der Waals surface area contributed by atoms with Gasteiger partial charge in [0.2, 0.25) is 0 Å². The molecule has 0 aromatic carbocycles. The number of hydrogen-bond acceptors (Lipinski definition) is 4. The molecule has 4 nitrogen and oxygen atoms in total. The molecule has 2 aromatic heterocycles. The summed E-state index contributed by atoms with van der Waals surface area (Å²) in [4.78, 5) is 10.6. The fourth-order valence-electron chi connectivity index (χ4n) is 1.48. The highest BCUT2D eigenvalue weighted by molar-refractivity contribution is 9.10. The molecule has 2 rings (SSSR count). The van der Waals surface area contributed by atoms with Crippen molar-refractivity contribution in [2.45, 2.75) is 6.92 Å². The number of nitrogens with one attached hydrogen (secondary N) is 1. The van der Waals surface area contributed by atoms with Gasteiger partial charge in [-0.3, -0.25) is 0 Å². The molecule has 18 heavy (non-hydrogen) atoms.